The molecule has 0 atom stereocenters. The van der Waals surface area contributed by atoms with Gasteiger partial charge in [0.25, 0.3) is 5.91 Å². The zero-order chi connectivity index (χ0) is 12.1. The first kappa shape index (κ1) is 11.8. The van der Waals surface area contributed by atoms with Crippen molar-refractivity contribution in [2.45, 2.75) is 0 Å². The third kappa shape index (κ3) is 3.16. The van der Waals surface area contributed by atoms with Crippen molar-refractivity contribution in [1.82, 2.24) is 9.88 Å². The molecule has 0 aliphatic heterocycles. The quantitative estimate of drug-likeness (QED) is 0.594. The fourth-order valence-electron chi connectivity index (χ4n) is 0.923. The molecule has 0 fully saturated rings. The predicted molar refractivity (Wildman–Crippen MR) is 57.7 cm³/mol. The number of rotatable bonds is 3. The molecule has 1 aromatic heterocycles. The molecular formula is C10H11N3O3. The summed E-state index contributed by atoms with van der Waals surface area (Å²) < 4.78 is 0. The number of pyridine rings is 1. The summed E-state index contributed by atoms with van der Waals surface area (Å²) in [5, 5.41) is 8.69. The first-order chi connectivity index (χ1) is 7.50. The number of hydrogen-bond donors (Lipinski definition) is 1. The lowest BCUT2D eigenvalue weighted by Crippen LogP contribution is -2.10. The van der Waals surface area contributed by atoms with Crippen molar-refractivity contribution in [3.05, 3.63) is 29.6 Å². The summed E-state index contributed by atoms with van der Waals surface area (Å²) in [6, 6.07) is 2.61. The van der Waals surface area contributed by atoms with Gasteiger partial charge in [0.2, 0.25) is 0 Å². The monoisotopic (exact) mass is 221 g/mol. The molecule has 0 bridgehead atoms. The van der Waals surface area contributed by atoms with Gasteiger partial charge in [0.05, 0.1) is 6.34 Å². The molecule has 16 heavy (non-hydrogen) atoms. The maximum atomic E-state index is 11.5. The van der Waals surface area contributed by atoms with E-state index in [1.165, 1.54) is 24.7 Å². The number of carbonyl (C=O) groups excluding carboxylic acids is 1. The Balaban J connectivity index is 2.92. The van der Waals surface area contributed by atoms with Gasteiger partial charge in [-0.3, -0.25) is 4.79 Å². The first-order valence-corrected chi connectivity index (χ1v) is 4.45. The lowest BCUT2D eigenvalue weighted by atomic mass is 10.2. The minimum absolute atomic E-state index is 0.175. The molecule has 0 unspecified atom stereocenters. The molecule has 0 aliphatic carbocycles. The third-order valence-electron chi connectivity index (χ3n) is 1.63. The average Bonchev–Trinajstić information content (AvgIpc) is 2.26. The number of aromatic nitrogens is 1. The van der Waals surface area contributed by atoms with E-state index < -0.39 is 11.9 Å². The summed E-state index contributed by atoms with van der Waals surface area (Å²) in [6.45, 7) is 0. The summed E-state index contributed by atoms with van der Waals surface area (Å²) >= 11 is 0. The van der Waals surface area contributed by atoms with Crippen LogP contribution in [0.25, 0.3) is 0 Å². The van der Waals surface area contributed by atoms with Crippen LogP contribution in [0.4, 0.5) is 0 Å². The van der Waals surface area contributed by atoms with Gasteiger partial charge in [0.15, 0.2) is 0 Å². The fourth-order valence-corrected chi connectivity index (χ4v) is 0.923. The number of nitrogens with zero attached hydrogens (tertiary/aromatic N) is 3. The van der Waals surface area contributed by atoms with Gasteiger partial charge in [-0.25, -0.2) is 9.78 Å². The molecule has 6 heteroatoms. The van der Waals surface area contributed by atoms with E-state index in [2.05, 4.69) is 9.98 Å². The van der Waals surface area contributed by atoms with Gasteiger partial charge < -0.3 is 10.0 Å². The second-order valence-corrected chi connectivity index (χ2v) is 3.25. The van der Waals surface area contributed by atoms with E-state index in [-0.39, 0.29) is 11.3 Å². The first-order valence-electron chi connectivity index (χ1n) is 4.45. The van der Waals surface area contributed by atoms with Crippen LogP contribution < -0.4 is 0 Å². The zero-order valence-electron chi connectivity index (χ0n) is 8.91. The molecule has 1 rings (SSSR count). The van der Waals surface area contributed by atoms with Crippen LogP contribution in [0.1, 0.15) is 20.8 Å². The summed E-state index contributed by atoms with van der Waals surface area (Å²) in [6.07, 6.45) is 2.62. The number of amides is 1. The standard InChI is InChI=1S/C10H11N3O3/c1-13(2)6-12-9(14)7-3-4-11-8(5-7)10(15)16/h3-6H,1-2H3,(H,15,16). The Kier molecular flexibility index (Phi) is 3.71. The summed E-state index contributed by atoms with van der Waals surface area (Å²) in [5.74, 6) is -1.68. The van der Waals surface area contributed by atoms with Gasteiger partial charge in [-0.1, -0.05) is 0 Å². The van der Waals surface area contributed by atoms with Crippen molar-refractivity contribution in [2.24, 2.45) is 4.99 Å². The van der Waals surface area contributed by atoms with E-state index in [1.54, 1.807) is 19.0 Å². The molecule has 1 heterocycles. The third-order valence-corrected chi connectivity index (χ3v) is 1.63. The van der Waals surface area contributed by atoms with Crippen molar-refractivity contribution >= 4 is 18.2 Å². The van der Waals surface area contributed by atoms with Crippen molar-refractivity contribution in [2.75, 3.05) is 14.1 Å². The van der Waals surface area contributed by atoms with Crippen LogP contribution in [-0.2, 0) is 0 Å². The molecule has 0 aliphatic rings. The van der Waals surface area contributed by atoms with E-state index in [0.717, 1.165) is 0 Å². The smallest absolute Gasteiger partial charge is 0.354 e. The minimum atomic E-state index is -1.17. The van der Waals surface area contributed by atoms with E-state index in [4.69, 9.17) is 5.11 Å². The van der Waals surface area contributed by atoms with Crippen molar-refractivity contribution < 1.29 is 14.7 Å². The highest BCUT2D eigenvalue weighted by Crippen LogP contribution is 2.03. The number of carboxylic acids is 1. The Labute approximate surface area is 92.2 Å². The van der Waals surface area contributed by atoms with Gasteiger partial charge in [0.1, 0.15) is 5.69 Å². The van der Waals surface area contributed by atoms with E-state index in [9.17, 15) is 9.59 Å². The molecule has 0 radical (unpaired) electrons. The lowest BCUT2D eigenvalue weighted by molar-refractivity contribution is 0.0690. The molecule has 0 spiro atoms. The molecular weight excluding hydrogens is 210 g/mol. The van der Waals surface area contributed by atoms with Crippen molar-refractivity contribution in [1.29, 1.82) is 0 Å². The number of carbonyl (C=O) groups is 2. The minimum Gasteiger partial charge on any atom is -0.477 e. The second kappa shape index (κ2) is 5.01. The molecule has 0 saturated carbocycles. The highest BCUT2D eigenvalue weighted by Gasteiger charge is 2.09. The highest BCUT2D eigenvalue weighted by molar-refractivity contribution is 6.00. The maximum Gasteiger partial charge on any atom is 0.354 e. The number of hydrogen-bond acceptors (Lipinski definition) is 3. The maximum absolute atomic E-state index is 11.5. The Morgan fingerprint density at radius 3 is 2.75 bits per heavy atom. The molecule has 84 valence electrons. The van der Waals surface area contributed by atoms with Gasteiger partial charge in [-0.15, -0.1) is 0 Å². The zero-order valence-corrected chi connectivity index (χ0v) is 8.91. The number of aliphatic imine (C=N–C) groups is 1. The van der Waals surface area contributed by atoms with Crippen LogP contribution in [0.2, 0.25) is 0 Å². The lowest BCUT2D eigenvalue weighted by Gasteiger charge is -2.01. The van der Waals surface area contributed by atoms with Crippen LogP contribution in [0.5, 0.6) is 0 Å². The van der Waals surface area contributed by atoms with Crippen LogP contribution in [0.15, 0.2) is 23.3 Å². The van der Waals surface area contributed by atoms with E-state index >= 15 is 0 Å². The van der Waals surface area contributed by atoms with Gasteiger partial charge in [0, 0.05) is 25.9 Å². The van der Waals surface area contributed by atoms with E-state index in [0.29, 0.717) is 0 Å². The molecule has 1 amide bonds. The van der Waals surface area contributed by atoms with Gasteiger partial charge >= 0.3 is 5.97 Å². The molecule has 1 aromatic rings. The summed E-state index contributed by atoms with van der Waals surface area (Å²) in [4.78, 5) is 30.9. The molecule has 0 aromatic carbocycles. The molecule has 1 N–H and O–H groups in total. The average molecular weight is 221 g/mol. The van der Waals surface area contributed by atoms with Crippen LogP contribution >= 0.6 is 0 Å². The topological polar surface area (TPSA) is 82.9 Å². The second-order valence-electron chi connectivity index (χ2n) is 3.25. The van der Waals surface area contributed by atoms with Crippen molar-refractivity contribution in [3.8, 4) is 0 Å². The molecule has 6 nitrogen and oxygen atoms in total. The summed E-state index contributed by atoms with van der Waals surface area (Å²) in [5.41, 5.74) is 0.0244. The van der Waals surface area contributed by atoms with Gasteiger partial charge in [-0.05, 0) is 12.1 Å². The normalized spacial score (nSPS) is 10.4. The molecule has 0 saturated heterocycles. The SMILES string of the molecule is CN(C)C=NC(=O)c1ccnc(C(=O)O)c1. The Morgan fingerprint density at radius 2 is 2.19 bits per heavy atom. The highest BCUT2D eigenvalue weighted by atomic mass is 16.4. The van der Waals surface area contributed by atoms with Gasteiger partial charge in [-0.2, -0.15) is 4.99 Å². The Bertz CT molecular complexity index is 441. The van der Waals surface area contributed by atoms with Crippen LogP contribution in [-0.4, -0.2) is 47.3 Å². The van der Waals surface area contributed by atoms with E-state index in [1.807, 2.05) is 0 Å². The predicted octanol–water partition coefficient (Wildman–Crippen LogP) is 0.510. The summed E-state index contributed by atoms with van der Waals surface area (Å²) in [7, 11) is 3.46. The number of aromatic carboxylic acids is 1. The Hall–Kier alpha value is -2.24. The van der Waals surface area contributed by atoms with Crippen LogP contribution in [0.3, 0.4) is 0 Å². The number of carboxylic acid groups (broad SMARTS) is 1. The Morgan fingerprint density at radius 1 is 1.50 bits per heavy atom. The largest absolute Gasteiger partial charge is 0.477 e. The van der Waals surface area contributed by atoms with Crippen LogP contribution in [0, 0.1) is 0 Å². The fraction of sp³-hybridized carbons (Fsp3) is 0.200. The van der Waals surface area contributed by atoms with Crippen molar-refractivity contribution in [3.63, 3.8) is 0 Å².